The minimum atomic E-state index is 0. The van der Waals surface area contributed by atoms with Crippen LogP contribution in [0.1, 0.15) is 26.7 Å². The lowest BCUT2D eigenvalue weighted by atomic mass is 10.1. The number of thioether (sulfide) groups is 1. The highest BCUT2D eigenvalue weighted by Crippen LogP contribution is 2.37. The molecule has 0 aromatic heterocycles. The van der Waals surface area contributed by atoms with E-state index in [2.05, 4.69) is 60.1 Å². The molecule has 2 heterocycles. The van der Waals surface area contributed by atoms with Crippen molar-refractivity contribution in [2.75, 3.05) is 59.1 Å². The standard InChI is InChI=1S/C16H33N5S.HI/c1-5-17-15(19-13-16(2)7-6-10-22-16)18-11-14-12-20(3)8-9-21(14)4;/h14H,5-13H2,1-4H3,(H2,17,18,19);1H. The molecule has 2 unspecified atom stereocenters. The molecule has 2 saturated heterocycles. The molecule has 0 aromatic rings. The van der Waals surface area contributed by atoms with Crippen LogP contribution in [-0.4, -0.2) is 85.7 Å². The van der Waals surface area contributed by atoms with Gasteiger partial charge in [0.15, 0.2) is 5.96 Å². The average Bonchev–Trinajstić information content (AvgIpc) is 2.92. The molecule has 2 aliphatic heterocycles. The molecule has 2 aliphatic rings. The largest absolute Gasteiger partial charge is 0.357 e. The molecule has 5 nitrogen and oxygen atoms in total. The van der Waals surface area contributed by atoms with Crippen LogP contribution in [0.25, 0.3) is 0 Å². The number of aliphatic imine (C=N–C) groups is 1. The van der Waals surface area contributed by atoms with Gasteiger partial charge in [0, 0.05) is 43.5 Å². The summed E-state index contributed by atoms with van der Waals surface area (Å²) in [5.74, 6) is 2.26. The van der Waals surface area contributed by atoms with E-state index in [1.54, 1.807) is 0 Å². The molecule has 2 fully saturated rings. The zero-order chi connectivity index (χ0) is 16.0. The lowest BCUT2D eigenvalue weighted by Gasteiger charge is -2.38. The van der Waals surface area contributed by atoms with Gasteiger partial charge < -0.3 is 15.5 Å². The van der Waals surface area contributed by atoms with Crippen LogP contribution in [0.4, 0.5) is 0 Å². The van der Waals surface area contributed by atoms with Gasteiger partial charge in [0.2, 0.25) is 0 Å². The smallest absolute Gasteiger partial charge is 0.191 e. The summed E-state index contributed by atoms with van der Waals surface area (Å²) in [5, 5.41) is 6.93. The lowest BCUT2D eigenvalue weighted by Crippen LogP contribution is -2.55. The van der Waals surface area contributed by atoms with E-state index in [-0.39, 0.29) is 24.0 Å². The average molecular weight is 455 g/mol. The van der Waals surface area contributed by atoms with Crippen molar-refractivity contribution in [2.45, 2.75) is 37.5 Å². The van der Waals surface area contributed by atoms with Crippen LogP contribution in [0.15, 0.2) is 4.99 Å². The van der Waals surface area contributed by atoms with Crippen molar-refractivity contribution < 1.29 is 0 Å². The molecule has 0 bridgehead atoms. The van der Waals surface area contributed by atoms with Gasteiger partial charge in [-0.1, -0.05) is 0 Å². The Balaban J connectivity index is 0.00000264. The maximum Gasteiger partial charge on any atom is 0.191 e. The van der Waals surface area contributed by atoms with Gasteiger partial charge in [-0.25, -0.2) is 0 Å². The molecule has 0 spiro atoms. The van der Waals surface area contributed by atoms with Crippen LogP contribution in [0, 0.1) is 0 Å². The van der Waals surface area contributed by atoms with E-state index in [1.807, 2.05) is 0 Å². The first-order chi connectivity index (χ1) is 10.5. The van der Waals surface area contributed by atoms with Crippen LogP contribution in [0.3, 0.4) is 0 Å². The minimum Gasteiger partial charge on any atom is -0.357 e. The molecule has 0 radical (unpaired) electrons. The Kier molecular flexibility index (Phi) is 9.55. The van der Waals surface area contributed by atoms with Gasteiger partial charge >= 0.3 is 0 Å². The second-order valence-electron chi connectivity index (χ2n) is 6.87. The summed E-state index contributed by atoms with van der Waals surface area (Å²) in [6.45, 7) is 10.7. The first kappa shape index (κ1) is 21.3. The van der Waals surface area contributed by atoms with Crippen molar-refractivity contribution in [3.63, 3.8) is 0 Å². The van der Waals surface area contributed by atoms with E-state index in [1.165, 1.54) is 18.6 Å². The topological polar surface area (TPSA) is 42.9 Å². The normalized spacial score (nSPS) is 30.1. The van der Waals surface area contributed by atoms with E-state index >= 15 is 0 Å². The summed E-state index contributed by atoms with van der Waals surface area (Å²) in [5.41, 5.74) is 0. The molecule has 2 rings (SSSR count). The van der Waals surface area contributed by atoms with Gasteiger partial charge in [-0.05, 0) is 46.5 Å². The predicted molar refractivity (Wildman–Crippen MR) is 113 cm³/mol. The molecule has 23 heavy (non-hydrogen) atoms. The molecule has 136 valence electrons. The molecule has 0 aliphatic carbocycles. The van der Waals surface area contributed by atoms with Gasteiger partial charge in [-0.15, -0.1) is 24.0 Å². The highest BCUT2D eigenvalue weighted by atomic mass is 127. The fourth-order valence-electron chi connectivity index (χ4n) is 3.09. The molecular weight excluding hydrogens is 421 g/mol. The quantitative estimate of drug-likeness (QED) is 0.375. The Morgan fingerprint density at radius 2 is 2.09 bits per heavy atom. The van der Waals surface area contributed by atoms with E-state index in [0.717, 1.165) is 45.2 Å². The second kappa shape index (κ2) is 10.3. The van der Waals surface area contributed by atoms with Crippen molar-refractivity contribution in [2.24, 2.45) is 4.99 Å². The highest BCUT2D eigenvalue weighted by Gasteiger charge is 2.29. The van der Waals surface area contributed by atoms with Gasteiger partial charge in [0.1, 0.15) is 0 Å². The molecular formula is C16H34IN5S. The molecule has 2 atom stereocenters. The van der Waals surface area contributed by atoms with Crippen molar-refractivity contribution in [1.29, 1.82) is 0 Å². The maximum atomic E-state index is 4.84. The van der Waals surface area contributed by atoms with Gasteiger partial charge in [-0.2, -0.15) is 11.8 Å². The van der Waals surface area contributed by atoms with Crippen molar-refractivity contribution in [3.8, 4) is 0 Å². The number of nitrogens with one attached hydrogen (secondary N) is 2. The third kappa shape index (κ3) is 6.96. The number of halogens is 1. The Morgan fingerprint density at radius 1 is 1.30 bits per heavy atom. The van der Waals surface area contributed by atoms with Crippen LogP contribution >= 0.6 is 35.7 Å². The summed E-state index contributed by atoms with van der Waals surface area (Å²) in [4.78, 5) is 9.70. The van der Waals surface area contributed by atoms with Crippen molar-refractivity contribution >= 4 is 41.7 Å². The fourth-order valence-corrected chi connectivity index (χ4v) is 4.31. The zero-order valence-corrected chi connectivity index (χ0v) is 18.2. The Morgan fingerprint density at radius 3 is 2.74 bits per heavy atom. The molecule has 2 N–H and O–H groups in total. The Bertz CT molecular complexity index is 373. The number of guanidine groups is 1. The van der Waals surface area contributed by atoms with Crippen LogP contribution in [-0.2, 0) is 0 Å². The molecule has 0 saturated carbocycles. The van der Waals surface area contributed by atoms with Crippen LogP contribution < -0.4 is 10.6 Å². The highest BCUT2D eigenvalue weighted by molar-refractivity contribution is 14.0. The third-order valence-corrected chi connectivity index (χ3v) is 6.22. The molecule has 7 heteroatoms. The van der Waals surface area contributed by atoms with Gasteiger partial charge in [-0.3, -0.25) is 9.89 Å². The first-order valence-electron chi connectivity index (χ1n) is 8.57. The van der Waals surface area contributed by atoms with Crippen molar-refractivity contribution in [1.82, 2.24) is 20.4 Å². The first-order valence-corrected chi connectivity index (χ1v) is 9.56. The SMILES string of the molecule is CCNC(=NCC1(C)CCCS1)NCC1CN(C)CCN1C.I. The van der Waals surface area contributed by atoms with E-state index in [9.17, 15) is 0 Å². The minimum absolute atomic E-state index is 0. The van der Waals surface area contributed by atoms with E-state index in [0.29, 0.717) is 10.8 Å². The molecule has 0 amide bonds. The fraction of sp³-hybridized carbons (Fsp3) is 0.938. The van der Waals surface area contributed by atoms with Gasteiger partial charge in [0.25, 0.3) is 0 Å². The number of nitrogens with zero attached hydrogens (tertiary/aromatic N) is 3. The Hall–Kier alpha value is 0.270. The number of likely N-dealkylation sites (N-methyl/N-ethyl adjacent to an activating group) is 2. The predicted octanol–water partition coefficient (Wildman–Crippen LogP) is 1.69. The number of rotatable bonds is 5. The van der Waals surface area contributed by atoms with Crippen LogP contribution in [0.2, 0.25) is 0 Å². The summed E-state index contributed by atoms with van der Waals surface area (Å²) >= 11 is 2.07. The number of hydrogen-bond acceptors (Lipinski definition) is 4. The van der Waals surface area contributed by atoms with Crippen molar-refractivity contribution in [3.05, 3.63) is 0 Å². The van der Waals surface area contributed by atoms with E-state index < -0.39 is 0 Å². The van der Waals surface area contributed by atoms with E-state index in [4.69, 9.17) is 4.99 Å². The second-order valence-corrected chi connectivity index (χ2v) is 8.56. The summed E-state index contributed by atoms with van der Waals surface area (Å²) in [6.07, 6.45) is 2.62. The summed E-state index contributed by atoms with van der Waals surface area (Å²) in [7, 11) is 4.43. The zero-order valence-electron chi connectivity index (χ0n) is 15.1. The summed E-state index contributed by atoms with van der Waals surface area (Å²) in [6, 6.07) is 0.555. The lowest BCUT2D eigenvalue weighted by molar-refractivity contribution is 0.116. The Labute approximate surface area is 163 Å². The molecule has 0 aromatic carbocycles. The summed E-state index contributed by atoms with van der Waals surface area (Å²) < 4.78 is 0.337. The van der Waals surface area contributed by atoms with Gasteiger partial charge in [0.05, 0.1) is 6.54 Å². The number of piperazine rings is 1. The van der Waals surface area contributed by atoms with Crippen LogP contribution in [0.5, 0.6) is 0 Å². The number of hydrogen-bond donors (Lipinski definition) is 2. The maximum absolute atomic E-state index is 4.84. The third-order valence-electron chi connectivity index (χ3n) is 4.70. The monoisotopic (exact) mass is 455 g/mol.